The molecule has 4 nitrogen and oxygen atoms in total. The second-order valence-electron chi connectivity index (χ2n) is 4.21. The van der Waals surface area contributed by atoms with E-state index in [0.29, 0.717) is 0 Å². The van der Waals surface area contributed by atoms with Gasteiger partial charge in [-0.3, -0.25) is 9.59 Å². The van der Waals surface area contributed by atoms with Crippen molar-refractivity contribution in [1.82, 2.24) is 0 Å². The van der Waals surface area contributed by atoms with Crippen LogP contribution in [0.15, 0.2) is 29.2 Å². The molecule has 0 saturated heterocycles. The molecular formula is C15H19FO4S. The van der Waals surface area contributed by atoms with Gasteiger partial charge in [-0.05, 0) is 24.6 Å². The minimum absolute atomic E-state index is 0.0338. The van der Waals surface area contributed by atoms with Gasteiger partial charge in [-0.2, -0.15) is 0 Å². The minimum atomic E-state index is -1.48. The van der Waals surface area contributed by atoms with Crippen molar-refractivity contribution in [2.24, 2.45) is 0 Å². The first kappa shape index (κ1) is 19.5. The summed E-state index contributed by atoms with van der Waals surface area (Å²) in [6.45, 7) is 1.39. The first-order chi connectivity index (χ1) is 10.0. The highest BCUT2D eigenvalue weighted by Crippen LogP contribution is 2.19. The number of rotatable bonds is 8. The number of thioether (sulfide) groups is 1. The topological polar surface area (TPSA) is 71.4 Å². The van der Waals surface area contributed by atoms with E-state index in [1.165, 1.54) is 18.7 Å². The molecular weight excluding hydrogens is 295 g/mol. The van der Waals surface area contributed by atoms with Crippen LogP contribution in [0.1, 0.15) is 18.9 Å². The Balaban J connectivity index is 0.00000191. The number of alkyl halides is 1. The lowest BCUT2D eigenvalue weighted by atomic mass is 10.1. The van der Waals surface area contributed by atoms with Crippen LogP contribution in [0.3, 0.4) is 0 Å². The van der Waals surface area contributed by atoms with Crippen molar-refractivity contribution in [3.63, 3.8) is 0 Å². The van der Waals surface area contributed by atoms with Crippen molar-refractivity contribution < 1.29 is 23.9 Å². The summed E-state index contributed by atoms with van der Waals surface area (Å²) in [5, 5.41) is 7.00. The van der Waals surface area contributed by atoms with Gasteiger partial charge in [0.2, 0.25) is 0 Å². The van der Waals surface area contributed by atoms with Gasteiger partial charge in [0.1, 0.15) is 11.6 Å². The van der Waals surface area contributed by atoms with Gasteiger partial charge in [0.25, 0.3) is 0 Å². The lowest BCUT2D eigenvalue weighted by Crippen LogP contribution is -2.07. The minimum Gasteiger partial charge on any atom is -0.400 e. The van der Waals surface area contributed by atoms with E-state index < -0.39 is 6.17 Å². The summed E-state index contributed by atoms with van der Waals surface area (Å²) in [5.41, 5.74) is 0.735. The molecule has 0 bridgehead atoms. The summed E-state index contributed by atoms with van der Waals surface area (Å²) < 4.78 is 12.8. The smallest absolute Gasteiger partial charge is 0.159 e. The van der Waals surface area contributed by atoms with Crippen LogP contribution in [0, 0.1) is 0 Å². The number of aldehydes is 1. The molecule has 1 aromatic carbocycles. The van der Waals surface area contributed by atoms with Crippen molar-refractivity contribution >= 4 is 29.6 Å². The molecule has 0 fully saturated rings. The van der Waals surface area contributed by atoms with Gasteiger partial charge in [-0.15, -0.1) is 11.8 Å². The van der Waals surface area contributed by atoms with E-state index in [2.05, 4.69) is 0 Å². The third kappa shape index (κ3) is 9.10. The first-order valence-corrected chi connectivity index (χ1v) is 7.26. The Labute approximate surface area is 127 Å². The average Bonchev–Trinajstić information content (AvgIpc) is 2.48. The first-order valence-electron chi connectivity index (χ1n) is 6.28. The molecule has 0 aliphatic carbocycles. The van der Waals surface area contributed by atoms with Crippen LogP contribution in [-0.4, -0.2) is 42.0 Å². The number of halogens is 1. The number of aliphatic hydroxyl groups is 1. The molecule has 1 unspecified atom stereocenters. The maximum Gasteiger partial charge on any atom is 0.159 e. The highest BCUT2D eigenvalue weighted by Gasteiger charge is 2.08. The Morgan fingerprint density at radius 1 is 1.29 bits per heavy atom. The van der Waals surface area contributed by atoms with Gasteiger partial charge in [0.05, 0.1) is 12.2 Å². The Bertz CT molecular complexity index is 459. The predicted molar refractivity (Wildman–Crippen MR) is 80.3 cm³/mol. The number of ketones is 2. The van der Waals surface area contributed by atoms with Crippen molar-refractivity contribution in [3.05, 3.63) is 29.8 Å². The Morgan fingerprint density at radius 3 is 2.33 bits per heavy atom. The zero-order chi connectivity index (χ0) is 16.3. The summed E-state index contributed by atoms with van der Waals surface area (Å²) in [6.07, 6.45) is -1.16. The number of carbonyl (C=O) groups excluding carboxylic acids is 3. The van der Waals surface area contributed by atoms with Crippen LogP contribution in [0.2, 0.25) is 0 Å². The molecule has 21 heavy (non-hydrogen) atoms. The summed E-state index contributed by atoms with van der Waals surface area (Å²) in [4.78, 5) is 33.2. The van der Waals surface area contributed by atoms with Gasteiger partial charge in [0.15, 0.2) is 12.5 Å². The zero-order valence-electron chi connectivity index (χ0n) is 12.0. The third-order valence-corrected chi connectivity index (χ3v) is 3.42. The van der Waals surface area contributed by atoms with E-state index in [1.54, 1.807) is 24.3 Å². The maximum atomic E-state index is 12.8. The molecule has 0 aliphatic heterocycles. The number of hydrogen-bond acceptors (Lipinski definition) is 5. The summed E-state index contributed by atoms with van der Waals surface area (Å²) in [7, 11) is 1.00. The van der Waals surface area contributed by atoms with Gasteiger partial charge in [0, 0.05) is 18.4 Å². The molecule has 0 heterocycles. The number of aliphatic hydroxyl groups excluding tert-OH is 1. The molecule has 0 aliphatic rings. The standard InChI is InChI=1S/C14H15FO3S.CH4O/c1-10(17)6-13(18)9-19-14-4-2-11(3-5-14)7-12(15)8-16;1-2/h2-5,8,12H,6-7,9H2,1H3;2H,1H3. The number of Topliss-reactive ketones (excluding diaryl/α,β-unsaturated/α-hetero) is 2. The van der Waals surface area contributed by atoms with Gasteiger partial charge >= 0.3 is 0 Å². The number of benzene rings is 1. The van der Waals surface area contributed by atoms with E-state index >= 15 is 0 Å². The zero-order valence-corrected chi connectivity index (χ0v) is 12.9. The van der Waals surface area contributed by atoms with Crippen LogP contribution in [0.5, 0.6) is 0 Å². The maximum absolute atomic E-state index is 12.8. The predicted octanol–water partition coefficient (Wildman–Crippen LogP) is 2.01. The van der Waals surface area contributed by atoms with E-state index in [0.717, 1.165) is 17.6 Å². The second-order valence-corrected chi connectivity index (χ2v) is 5.26. The van der Waals surface area contributed by atoms with Crippen LogP contribution >= 0.6 is 11.8 Å². The second kappa shape index (κ2) is 11.2. The molecule has 0 saturated carbocycles. The SMILES string of the molecule is CC(=O)CC(=O)CSc1ccc(CC(F)C=O)cc1.CO. The highest BCUT2D eigenvalue weighted by atomic mass is 32.2. The molecule has 6 heteroatoms. The fourth-order valence-electron chi connectivity index (χ4n) is 1.49. The average molecular weight is 314 g/mol. The summed E-state index contributed by atoms with van der Waals surface area (Å²) in [6, 6.07) is 7.01. The largest absolute Gasteiger partial charge is 0.400 e. The van der Waals surface area contributed by atoms with E-state index in [9.17, 15) is 18.8 Å². The number of carbonyl (C=O) groups is 3. The Hall–Kier alpha value is -1.53. The summed E-state index contributed by atoms with van der Waals surface area (Å²) >= 11 is 1.34. The third-order valence-electron chi connectivity index (χ3n) is 2.35. The molecule has 0 aromatic heterocycles. The molecule has 116 valence electrons. The van der Waals surface area contributed by atoms with Crippen molar-refractivity contribution in [1.29, 1.82) is 0 Å². The van der Waals surface area contributed by atoms with E-state index in [-0.39, 0.29) is 36.4 Å². The number of hydrogen-bond donors (Lipinski definition) is 1. The molecule has 1 atom stereocenters. The highest BCUT2D eigenvalue weighted by molar-refractivity contribution is 8.00. The molecule has 1 N–H and O–H groups in total. The molecule has 1 rings (SSSR count). The molecule has 0 radical (unpaired) electrons. The fourth-order valence-corrected chi connectivity index (χ4v) is 2.25. The van der Waals surface area contributed by atoms with Gasteiger partial charge in [-0.1, -0.05) is 12.1 Å². The van der Waals surface area contributed by atoms with Crippen LogP contribution in [0.4, 0.5) is 4.39 Å². The lowest BCUT2D eigenvalue weighted by Gasteiger charge is -2.04. The Morgan fingerprint density at radius 2 is 1.86 bits per heavy atom. The van der Waals surface area contributed by atoms with E-state index in [1.807, 2.05) is 0 Å². The van der Waals surface area contributed by atoms with Crippen LogP contribution in [0.25, 0.3) is 0 Å². The fraction of sp³-hybridized carbons (Fsp3) is 0.400. The quantitative estimate of drug-likeness (QED) is 0.451. The van der Waals surface area contributed by atoms with Crippen LogP contribution in [-0.2, 0) is 20.8 Å². The van der Waals surface area contributed by atoms with Crippen LogP contribution < -0.4 is 0 Å². The molecule has 0 amide bonds. The van der Waals surface area contributed by atoms with Crippen molar-refractivity contribution in [3.8, 4) is 0 Å². The monoisotopic (exact) mass is 314 g/mol. The molecule has 0 spiro atoms. The normalized spacial score (nSPS) is 11.0. The van der Waals surface area contributed by atoms with Gasteiger partial charge < -0.3 is 9.90 Å². The van der Waals surface area contributed by atoms with Crippen molar-refractivity contribution in [2.75, 3.05) is 12.9 Å². The Kier molecular flexibility index (Phi) is 10.4. The molecule has 1 aromatic rings. The van der Waals surface area contributed by atoms with Gasteiger partial charge in [-0.25, -0.2) is 4.39 Å². The van der Waals surface area contributed by atoms with Crippen molar-refractivity contribution in [2.45, 2.75) is 30.8 Å². The summed E-state index contributed by atoms with van der Waals surface area (Å²) in [5.74, 6) is 0.00841. The lowest BCUT2D eigenvalue weighted by molar-refractivity contribution is -0.124. The van der Waals surface area contributed by atoms with E-state index in [4.69, 9.17) is 5.11 Å².